The molecule has 5 atom stereocenters. The van der Waals surface area contributed by atoms with E-state index in [2.05, 4.69) is 20.8 Å². The van der Waals surface area contributed by atoms with Gasteiger partial charge in [-0.05, 0) is 60.7 Å². The molecule has 3 rings (SSSR count). The average Bonchev–Trinajstić information content (AvgIpc) is 2.71. The second-order valence-corrected chi connectivity index (χ2v) is 6.73. The van der Waals surface area contributed by atoms with E-state index in [-0.39, 0.29) is 0 Å². The minimum atomic E-state index is 0.705. The molecule has 0 N–H and O–H groups in total. The Bertz CT molecular complexity index is 242. The SMILES string of the molecule is CC(C)C1(C)CC2CC1C1CCCC21. The first-order valence-electron chi connectivity index (χ1n) is 6.63. The van der Waals surface area contributed by atoms with E-state index in [4.69, 9.17) is 0 Å². The molecule has 0 radical (unpaired) electrons. The van der Waals surface area contributed by atoms with Crippen LogP contribution in [0.2, 0.25) is 0 Å². The third-order valence-corrected chi connectivity index (χ3v) is 6.17. The zero-order valence-corrected chi connectivity index (χ0v) is 9.92. The Hall–Kier alpha value is 0. The van der Waals surface area contributed by atoms with Crippen molar-refractivity contribution < 1.29 is 0 Å². The molecule has 0 aromatic carbocycles. The van der Waals surface area contributed by atoms with Crippen LogP contribution >= 0.6 is 0 Å². The van der Waals surface area contributed by atoms with E-state index in [1.165, 1.54) is 6.42 Å². The molecule has 0 aliphatic heterocycles. The fourth-order valence-corrected chi connectivity index (χ4v) is 5.15. The first-order chi connectivity index (χ1) is 6.63. The number of hydrogen-bond acceptors (Lipinski definition) is 0. The van der Waals surface area contributed by atoms with Gasteiger partial charge in [-0.15, -0.1) is 0 Å². The van der Waals surface area contributed by atoms with Crippen LogP contribution < -0.4 is 0 Å². The number of hydrogen-bond donors (Lipinski definition) is 0. The highest BCUT2D eigenvalue weighted by Gasteiger charge is 2.59. The molecule has 0 aromatic heterocycles. The van der Waals surface area contributed by atoms with E-state index in [0.29, 0.717) is 5.41 Å². The molecule has 3 aliphatic rings. The molecule has 0 nitrogen and oxygen atoms in total. The van der Waals surface area contributed by atoms with Crippen LogP contribution in [0.1, 0.15) is 52.9 Å². The summed E-state index contributed by atoms with van der Waals surface area (Å²) in [5.74, 6) is 5.42. The van der Waals surface area contributed by atoms with Crippen molar-refractivity contribution >= 4 is 0 Å². The Morgan fingerprint density at radius 1 is 1.14 bits per heavy atom. The van der Waals surface area contributed by atoms with E-state index in [0.717, 1.165) is 29.6 Å². The van der Waals surface area contributed by atoms with Crippen LogP contribution in [0.4, 0.5) is 0 Å². The van der Waals surface area contributed by atoms with Crippen LogP contribution in [-0.2, 0) is 0 Å². The summed E-state index contributed by atoms with van der Waals surface area (Å²) in [7, 11) is 0. The molecule has 0 saturated heterocycles. The second kappa shape index (κ2) is 2.77. The Morgan fingerprint density at radius 3 is 2.57 bits per heavy atom. The van der Waals surface area contributed by atoms with Crippen molar-refractivity contribution in [2.24, 2.45) is 35.0 Å². The van der Waals surface area contributed by atoms with Gasteiger partial charge < -0.3 is 0 Å². The largest absolute Gasteiger partial charge is 0.0622 e. The van der Waals surface area contributed by atoms with Crippen molar-refractivity contribution in [3.63, 3.8) is 0 Å². The van der Waals surface area contributed by atoms with Crippen LogP contribution in [0, 0.1) is 35.0 Å². The van der Waals surface area contributed by atoms with Crippen molar-refractivity contribution in [3.8, 4) is 0 Å². The summed E-state index contributed by atoms with van der Waals surface area (Å²) in [6.07, 6.45) is 7.81. The summed E-state index contributed by atoms with van der Waals surface area (Å²) in [6, 6.07) is 0. The van der Waals surface area contributed by atoms with Gasteiger partial charge in [0.2, 0.25) is 0 Å². The van der Waals surface area contributed by atoms with E-state index >= 15 is 0 Å². The fraction of sp³-hybridized carbons (Fsp3) is 1.00. The lowest BCUT2D eigenvalue weighted by Crippen LogP contribution is -2.36. The summed E-state index contributed by atoms with van der Waals surface area (Å²) in [5.41, 5.74) is 0.705. The molecule has 0 heterocycles. The van der Waals surface area contributed by atoms with Crippen LogP contribution in [0.5, 0.6) is 0 Å². The Balaban J connectivity index is 1.89. The third kappa shape index (κ3) is 0.955. The van der Waals surface area contributed by atoms with Crippen molar-refractivity contribution in [2.75, 3.05) is 0 Å². The lowest BCUT2D eigenvalue weighted by molar-refractivity contribution is 0.0542. The smallest absolute Gasteiger partial charge is 0.0269 e. The molecule has 0 heteroatoms. The lowest BCUT2D eigenvalue weighted by Gasteiger charge is -2.43. The van der Waals surface area contributed by atoms with Gasteiger partial charge in [0.25, 0.3) is 0 Å². The zero-order valence-electron chi connectivity index (χ0n) is 9.92. The Labute approximate surface area is 88.5 Å². The molecule has 80 valence electrons. The van der Waals surface area contributed by atoms with E-state index in [1.54, 1.807) is 25.7 Å². The van der Waals surface area contributed by atoms with E-state index in [1.807, 2.05) is 0 Å². The van der Waals surface area contributed by atoms with Gasteiger partial charge in [0.15, 0.2) is 0 Å². The van der Waals surface area contributed by atoms with Gasteiger partial charge in [-0.2, -0.15) is 0 Å². The predicted octanol–water partition coefficient (Wildman–Crippen LogP) is 4.10. The zero-order chi connectivity index (χ0) is 9.92. The fourth-order valence-electron chi connectivity index (χ4n) is 5.15. The van der Waals surface area contributed by atoms with Crippen LogP contribution in [0.15, 0.2) is 0 Å². The van der Waals surface area contributed by atoms with Crippen molar-refractivity contribution in [1.82, 2.24) is 0 Å². The third-order valence-electron chi connectivity index (χ3n) is 6.17. The maximum atomic E-state index is 2.58. The van der Waals surface area contributed by atoms with Gasteiger partial charge in [0.1, 0.15) is 0 Å². The molecular weight excluding hydrogens is 168 g/mol. The highest BCUT2D eigenvalue weighted by molar-refractivity contribution is 5.08. The molecular formula is C14H24. The standard InChI is InChI=1S/C14H24/c1-9(2)14(3)8-10-7-13(14)12-6-4-5-11(10)12/h9-13H,4-8H2,1-3H3. The second-order valence-electron chi connectivity index (χ2n) is 6.73. The van der Waals surface area contributed by atoms with Crippen molar-refractivity contribution in [1.29, 1.82) is 0 Å². The van der Waals surface area contributed by atoms with Gasteiger partial charge in [-0.25, -0.2) is 0 Å². The van der Waals surface area contributed by atoms with Gasteiger partial charge >= 0.3 is 0 Å². The molecule has 0 spiro atoms. The average molecular weight is 192 g/mol. The highest BCUT2D eigenvalue weighted by atomic mass is 14.6. The normalized spacial score (nSPS) is 55.7. The van der Waals surface area contributed by atoms with Crippen molar-refractivity contribution in [3.05, 3.63) is 0 Å². The topological polar surface area (TPSA) is 0 Å². The highest BCUT2D eigenvalue weighted by Crippen LogP contribution is 2.67. The molecule has 3 fully saturated rings. The van der Waals surface area contributed by atoms with Crippen molar-refractivity contribution in [2.45, 2.75) is 52.9 Å². The van der Waals surface area contributed by atoms with Gasteiger partial charge in [0, 0.05) is 0 Å². The predicted molar refractivity (Wildman–Crippen MR) is 60.0 cm³/mol. The first kappa shape index (κ1) is 9.24. The molecule has 0 aromatic rings. The molecule has 2 bridgehead atoms. The maximum Gasteiger partial charge on any atom is -0.0269 e. The molecule has 14 heavy (non-hydrogen) atoms. The van der Waals surface area contributed by atoms with Crippen LogP contribution in [0.25, 0.3) is 0 Å². The Kier molecular flexibility index (Phi) is 1.83. The molecule has 0 amide bonds. The summed E-state index contributed by atoms with van der Waals surface area (Å²) >= 11 is 0. The van der Waals surface area contributed by atoms with E-state index in [9.17, 15) is 0 Å². The van der Waals surface area contributed by atoms with Crippen LogP contribution in [-0.4, -0.2) is 0 Å². The van der Waals surface area contributed by atoms with Gasteiger partial charge in [-0.1, -0.05) is 27.2 Å². The summed E-state index contributed by atoms with van der Waals surface area (Å²) in [4.78, 5) is 0. The number of rotatable bonds is 1. The summed E-state index contributed by atoms with van der Waals surface area (Å²) in [5, 5.41) is 0. The monoisotopic (exact) mass is 192 g/mol. The Morgan fingerprint density at radius 2 is 1.86 bits per heavy atom. The van der Waals surface area contributed by atoms with E-state index < -0.39 is 0 Å². The van der Waals surface area contributed by atoms with Gasteiger partial charge in [-0.3, -0.25) is 0 Å². The minimum Gasteiger partial charge on any atom is -0.0622 e. The lowest BCUT2D eigenvalue weighted by atomic mass is 9.62. The molecule has 3 saturated carbocycles. The summed E-state index contributed by atoms with van der Waals surface area (Å²) in [6.45, 7) is 7.48. The number of fused-ring (bicyclic) bond motifs is 5. The van der Waals surface area contributed by atoms with Crippen LogP contribution in [0.3, 0.4) is 0 Å². The molecule has 3 aliphatic carbocycles. The summed E-state index contributed by atoms with van der Waals surface area (Å²) < 4.78 is 0. The minimum absolute atomic E-state index is 0.705. The first-order valence-corrected chi connectivity index (χ1v) is 6.63. The van der Waals surface area contributed by atoms with Gasteiger partial charge in [0.05, 0.1) is 0 Å². The molecule has 5 unspecified atom stereocenters. The quantitative estimate of drug-likeness (QED) is 0.586. The maximum absolute atomic E-state index is 2.58.